The zero-order valence-corrected chi connectivity index (χ0v) is 17.1. The molecule has 0 spiro atoms. The fourth-order valence-electron chi connectivity index (χ4n) is 3.35. The highest BCUT2D eigenvalue weighted by Crippen LogP contribution is 2.28. The van der Waals surface area contributed by atoms with Crippen LogP contribution in [-0.4, -0.2) is 47.9 Å². The predicted molar refractivity (Wildman–Crippen MR) is 104 cm³/mol. The van der Waals surface area contributed by atoms with Crippen molar-refractivity contribution >= 4 is 31.9 Å². The molecule has 1 N–H and O–H groups in total. The number of carbonyl (C=O) groups is 1. The topological polar surface area (TPSA) is 84.3 Å². The fourth-order valence-corrected chi connectivity index (χ4v) is 5.09. The Labute approximate surface area is 166 Å². The van der Waals surface area contributed by atoms with Crippen LogP contribution in [0, 0.1) is 0 Å². The highest BCUT2D eigenvalue weighted by Gasteiger charge is 2.30. The second-order valence-corrected chi connectivity index (χ2v) is 9.64. The molecule has 0 atom stereocenters. The van der Waals surface area contributed by atoms with E-state index in [4.69, 9.17) is 0 Å². The number of aromatic nitrogens is 2. The molecular weight excluding hydrogens is 432 g/mol. The van der Waals surface area contributed by atoms with E-state index in [1.54, 1.807) is 23.5 Å². The van der Waals surface area contributed by atoms with Gasteiger partial charge in [-0.1, -0.05) is 0 Å². The van der Waals surface area contributed by atoms with Crippen molar-refractivity contribution in [2.24, 2.45) is 0 Å². The van der Waals surface area contributed by atoms with Crippen LogP contribution in [0.3, 0.4) is 0 Å². The number of piperidine rings is 1. The maximum Gasteiger partial charge on any atom is 0.255 e. The van der Waals surface area contributed by atoms with Crippen LogP contribution in [0.25, 0.3) is 0 Å². The Bertz CT molecular complexity index is 934. The number of carbonyl (C=O) groups excluding carboxylic acids is 1. The molecule has 1 amide bonds. The van der Waals surface area contributed by atoms with E-state index in [0.717, 1.165) is 25.7 Å². The van der Waals surface area contributed by atoms with Gasteiger partial charge in [-0.2, -0.15) is 0 Å². The van der Waals surface area contributed by atoms with Gasteiger partial charge >= 0.3 is 0 Å². The van der Waals surface area contributed by atoms with E-state index in [1.807, 2.05) is 6.20 Å². The molecule has 1 aromatic heterocycles. The summed E-state index contributed by atoms with van der Waals surface area (Å²) < 4.78 is 30.3. The SMILES string of the molecule is O=C(c1cc(S(=O)(=O)NC2CC2)ccc1Br)N1CCC(n2ccnc2)CC1. The first-order valence-electron chi connectivity index (χ1n) is 9.02. The number of rotatable bonds is 5. The van der Waals surface area contributed by atoms with E-state index in [9.17, 15) is 13.2 Å². The molecule has 1 aliphatic heterocycles. The van der Waals surface area contributed by atoms with E-state index in [2.05, 4.69) is 30.2 Å². The summed E-state index contributed by atoms with van der Waals surface area (Å²) >= 11 is 3.40. The van der Waals surface area contributed by atoms with Crippen LogP contribution in [0.4, 0.5) is 0 Å². The van der Waals surface area contributed by atoms with E-state index < -0.39 is 10.0 Å². The van der Waals surface area contributed by atoms with Gasteiger partial charge in [0.1, 0.15) is 0 Å². The minimum absolute atomic E-state index is 0.0278. The predicted octanol–water partition coefficient (Wildman–Crippen LogP) is 2.56. The van der Waals surface area contributed by atoms with Gasteiger partial charge < -0.3 is 9.47 Å². The molecule has 2 aromatic rings. The normalized spacial score (nSPS) is 18.6. The van der Waals surface area contributed by atoms with Gasteiger partial charge in [0.05, 0.1) is 16.8 Å². The van der Waals surface area contributed by atoms with Gasteiger partial charge in [0.2, 0.25) is 10.0 Å². The average Bonchev–Trinajstić information content (AvgIpc) is 3.29. The Balaban J connectivity index is 1.49. The monoisotopic (exact) mass is 452 g/mol. The van der Waals surface area contributed by atoms with Gasteiger partial charge in [-0.15, -0.1) is 0 Å². The summed E-state index contributed by atoms with van der Waals surface area (Å²) in [6, 6.07) is 5.00. The van der Waals surface area contributed by atoms with Gasteiger partial charge in [0.25, 0.3) is 5.91 Å². The minimum Gasteiger partial charge on any atom is -0.338 e. The summed E-state index contributed by atoms with van der Waals surface area (Å²) in [5.74, 6) is -0.144. The van der Waals surface area contributed by atoms with Gasteiger partial charge in [0, 0.05) is 42.0 Å². The zero-order chi connectivity index (χ0) is 19.0. The Morgan fingerprint density at radius 3 is 2.56 bits per heavy atom. The maximum atomic E-state index is 13.0. The van der Waals surface area contributed by atoms with Gasteiger partial charge in [-0.25, -0.2) is 18.1 Å². The lowest BCUT2D eigenvalue weighted by atomic mass is 10.0. The Kier molecular flexibility index (Phi) is 5.09. The fraction of sp³-hybridized carbons (Fsp3) is 0.444. The van der Waals surface area contributed by atoms with Crippen LogP contribution in [0.1, 0.15) is 42.1 Å². The highest BCUT2D eigenvalue weighted by atomic mass is 79.9. The lowest BCUT2D eigenvalue weighted by molar-refractivity contribution is 0.0693. The molecule has 144 valence electrons. The number of hydrogen-bond acceptors (Lipinski definition) is 4. The molecular formula is C18H21BrN4O3S. The molecule has 1 aliphatic carbocycles. The molecule has 0 bridgehead atoms. The molecule has 1 saturated heterocycles. The first-order valence-corrected chi connectivity index (χ1v) is 11.3. The third kappa shape index (κ3) is 4.09. The van der Waals surface area contributed by atoms with Crippen LogP contribution in [0.15, 0.2) is 46.3 Å². The van der Waals surface area contributed by atoms with E-state index in [1.165, 1.54) is 12.1 Å². The number of benzene rings is 1. The Hall–Kier alpha value is -1.71. The number of nitrogens with zero attached hydrogens (tertiary/aromatic N) is 3. The van der Waals surface area contributed by atoms with Gasteiger partial charge in [-0.3, -0.25) is 4.79 Å². The van der Waals surface area contributed by atoms with Gasteiger partial charge in [-0.05, 0) is 59.8 Å². The number of halogens is 1. The molecule has 2 aliphatic rings. The van der Waals surface area contributed by atoms with Crippen molar-refractivity contribution in [3.05, 3.63) is 47.0 Å². The van der Waals surface area contributed by atoms with Crippen LogP contribution in [-0.2, 0) is 10.0 Å². The summed E-state index contributed by atoms with van der Waals surface area (Å²) in [5, 5.41) is 0. The molecule has 4 rings (SSSR count). The number of sulfonamides is 1. The second-order valence-electron chi connectivity index (χ2n) is 7.07. The van der Waals surface area contributed by atoms with Crippen molar-refractivity contribution < 1.29 is 13.2 Å². The lowest BCUT2D eigenvalue weighted by Gasteiger charge is -2.32. The van der Waals surface area contributed by atoms with Crippen molar-refractivity contribution in [1.29, 1.82) is 0 Å². The van der Waals surface area contributed by atoms with Crippen LogP contribution in [0.2, 0.25) is 0 Å². The first kappa shape index (κ1) is 18.6. The summed E-state index contributed by atoms with van der Waals surface area (Å²) in [7, 11) is -3.59. The van der Waals surface area contributed by atoms with Crippen LogP contribution in [0.5, 0.6) is 0 Å². The number of likely N-dealkylation sites (tertiary alicyclic amines) is 1. The number of amides is 1. The smallest absolute Gasteiger partial charge is 0.255 e. The Morgan fingerprint density at radius 1 is 1.19 bits per heavy atom. The third-order valence-electron chi connectivity index (χ3n) is 5.08. The van der Waals surface area contributed by atoms with Crippen molar-refractivity contribution in [1.82, 2.24) is 19.2 Å². The standard InChI is InChI=1S/C18H21BrN4O3S/c19-17-4-3-15(27(25,26)21-13-1-2-13)11-16(17)18(24)22-8-5-14(6-9-22)23-10-7-20-12-23/h3-4,7,10-14,21H,1-2,5-6,8-9H2. The summed E-state index contributed by atoms with van der Waals surface area (Å²) in [6.45, 7) is 1.26. The molecule has 1 saturated carbocycles. The lowest BCUT2D eigenvalue weighted by Crippen LogP contribution is -2.39. The van der Waals surface area contributed by atoms with Crippen molar-refractivity contribution in [2.45, 2.75) is 42.7 Å². The number of imidazole rings is 1. The first-order chi connectivity index (χ1) is 12.9. The molecule has 2 heterocycles. The molecule has 7 nitrogen and oxygen atoms in total. The molecule has 1 aromatic carbocycles. The van der Waals surface area contributed by atoms with Crippen LogP contribution < -0.4 is 4.72 Å². The quantitative estimate of drug-likeness (QED) is 0.755. The van der Waals surface area contributed by atoms with E-state index >= 15 is 0 Å². The highest BCUT2D eigenvalue weighted by molar-refractivity contribution is 9.10. The van der Waals surface area contributed by atoms with E-state index in [-0.39, 0.29) is 16.8 Å². The average molecular weight is 453 g/mol. The van der Waals surface area contributed by atoms with Crippen molar-refractivity contribution in [2.75, 3.05) is 13.1 Å². The largest absolute Gasteiger partial charge is 0.338 e. The van der Waals surface area contributed by atoms with Crippen molar-refractivity contribution in [3.63, 3.8) is 0 Å². The van der Waals surface area contributed by atoms with Crippen molar-refractivity contribution in [3.8, 4) is 0 Å². The summed E-state index contributed by atoms with van der Waals surface area (Å²) in [5.41, 5.74) is 0.384. The van der Waals surface area contributed by atoms with E-state index in [0.29, 0.717) is 29.2 Å². The molecule has 9 heteroatoms. The maximum absolute atomic E-state index is 13.0. The minimum atomic E-state index is -3.59. The molecule has 27 heavy (non-hydrogen) atoms. The van der Waals surface area contributed by atoms with Crippen LogP contribution >= 0.6 is 15.9 Å². The molecule has 0 radical (unpaired) electrons. The molecule has 2 fully saturated rings. The number of hydrogen-bond donors (Lipinski definition) is 1. The Morgan fingerprint density at radius 2 is 1.93 bits per heavy atom. The molecule has 0 unspecified atom stereocenters. The summed E-state index contributed by atoms with van der Waals surface area (Å²) in [4.78, 5) is 19.0. The zero-order valence-electron chi connectivity index (χ0n) is 14.7. The third-order valence-corrected chi connectivity index (χ3v) is 7.29. The number of nitrogens with one attached hydrogen (secondary N) is 1. The van der Waals surface area contributed by atoms with Gasteiger partial charge in [0.15, 0.2) is 0 Å². The summed E-state index contributed by atoms with van der Waals surface area (Å²) in [6.07, 6.45) is 8.94. The second kappa shape index (κ2) is 7.37.